The van der Waals surface area contributed by atoms with Gasteiger partial charge in [0.25, 0.3) is 0 Å². The molecule has 0 saturated carbocycles. The lowest BCUT2D eigenvalue weighted by molar-refractivity contribution is -0.116. The number of carbonyl (C=O) groups is 1. The number of carbonyl (C=O) groups excluding carboxylic acids is 1. The third-order valence-corrected chi connectivity index (χ3v) is 9.53. The molecule has 0 unspecified atom stereocenters. The quantitative estimate of drug-likeness (QED) is 0.411. The number of nitrogens with one attached hydrogen (secondary N) is 1. The van der Waals surface area contributed by atoms with Crippen LogP contribution in [0.25, 0.3) is 0 Å². The minimum atomic E-state index is -4.09. The van der Waals surface area contributed by atoms with Gasteiger partial charge in [-0.2, -0.15) is 4.31 Å². The van der Waals surface area contributed by atoms with E-state index in [-0.39, 0.29) is 27.0 Å². The molecule has 0 atom stereocenters. The average molecular weight is 571 g/mol. The number of hydrogen-bond donors (Lipinski definition) is 1. The molecule has 8 nitrogen and oxygen atoms in total. The summed E-state index contributed by atoms with van der Waals surface area (Å²) in [5.41, 5.74) is 1.33. The van der Waals surface area contributed by atoms with E-state index in [2.05, 4.69) is 5.32 Å². The van der Waals surface area contributed by atoms with Crippen LogP contribution in [0.3, 0.4) is 0 Å². The van der Waals surface area contributed by atoms with Gasteiger partial charge in [-0.15, -0.1) is 0 Å². The first-order valence-corrected chi connectivity index (χ1v) is 14.3. The van der Waals surface area contributed by atoms with Crippen molar-refractivity contribution in [1.82, 2.24) is 8.61 Å². The van der Waals surface area contributed by atoms with Gasteiger partial charge in [-0.25, -0.2) is 21.1 Å². The molecule has 0 bridgehead atoms. The molecule has 0 saturated heterocycles. The maximum Gasteiger partial charge on any atom is 0.243 e. The summed E-state index contributed by atoms with van der Waals surface area (Å²) in [6.45, 7) is 0.975. The second kappa shape index (κ2) is 11.3. The van der Waals surface area contributed by atoms with Gasteiger partial charge >= 0.3 is 0 Å². The minimum absolute atomic E-state index is 0.00453. The Bertz CT molecular complexity index is 1480. The number of sulfonamides is 2. The predicted molar refractivity (Wildman–Crippen MR) is 141 cm³/mol. The molecule has 3 rings (SSSR count). The van der Waals surface area contributed by atoms with Crippen LogP contribution in [0.15, 0.2) is 76.5 Å². The Morgan fingerprint density at radius 3 is 2.14 bits per heavy atom. The lowest BCUT2D eigenvalue weighted by atomic mass is 10.2. The van der Waals surface area contributed by atoms with Crippen LogP contribution in [0.4, 0.5) is 5.69 Å². The van der Waals surface area contributed by atoms with E-state index in [1.165, 1.54) is 44.4 Å². The molecule has 1 N–H and O–H groups in total. The van der Waals surface area contributed by atoms with Crippen molar-refractivity contribution < 1.29 is 21.6 Å². The Morgan fingerprint density at radius 2 is 1.53 bits per heavy atom. The number of halogens is 2. The molecule has 0 aromatic heterocycles. The monoisotopic (exact) mass is 569 g/mol. The number of hydrogen-bond acceptors (Lipinski definition) is 5. The fraction of sp³-hybridized carbons (Fsp3) is 0.208. The van der Waals surface area contributed by atoms with Gasteiger partial charge in [0.2, 0.25) is 26.0 Å². The number of benzene rings is 3. The summed E-state index contributed by atoms with van der Waals surface area (Å²) in [6, 6.07) is 16.7. The molecule has 0 fully saturated rings. The largest absolute Gasteiger partial charge is 0.325 e. The molecule has 12 heteroatoms. The van der Waals surface area contributed by atoms with Crippen molar-refractivity contribution in [2.75, 3.05) is 26.0 Å². The molecule has 0 aliphatic heterocycles. The number of nitrogens with zero attached hydrogens (tertiary/aromatic N) is 2. The van der Waals surface area contributed by atoms with Crippen molar-refractivity contribution in [3.05, 3.63) is 87.9 Å². The SMILES string of the molecule is Cc1ccc(S(=O)(=O)N(C)C)cc1NC(=O)CN(Cc1ccc(Cl)cc1Cl)S(=O)(=O)c1ccccc1. The maximum absolute atomic E-state index is 13.4. The molecule has 0 aliphatic carbocycles. The van der Waals surface area contributed by atoms with Gasteiger partial charge in [0.15, 0.2) is 0 Å². The van der Waals surface area contributed by atoms with Gasteiger partial charge in [0.05, 0.1) is 16.3 Å². The zero-order chi connectivity index (χ0) is 26.7. The molecule has 192 valence electrons. The molecule has 0 spiro atoms. The lowest BCUT2D eigenvalue weighted by Crippen LogP contribution is -2.37. The Kier molecular flexibility index (Phi) is 8.81. The van der Waals surface area contributed by atoms with Crippen molar-refractivity contribution in [1.29, 1.82) is 0 Å². The maximum atomic E-state index is 13.4. The minimum Gasteiger partial charge on any atom is -0.325 e. The van der Waals surface area contributed by atoms with Crippen LogP contribution in [0.5, 0.6) is 0 Å². The summed E-state index contributed by atoms with van der Waals surface area (Å²) in [5.74, 6) is -0.651. The van der Waals surface area contributed by atoms with Crippen LogP contribution in [0.1, 0.15) is 11.1 Å². The van der Waals surface area contributed by atoms with E-state index in [1.807, 2.05) is 0 Å². The van der Waals surface area contributed by atoms with Crippen molar-refractivity contribution >= 4 is 54.8 Å². The van der Waals surface area contributed by atoms with Crippen LogP contribution in [-0.4, -0.2) is 52.0 Å². The van der Waals surface area contributed by atoms with Gasteiger partial charge in [-0.1, -0.05) is 53.5 Å². The summed E-state index contributed by atoms with van der Waals surface area (Å²) < 4.78 is 53.9. The standard InChI is InChI=1S/C24H25Cl2N3O5S2/c1-17-9-12-21(35(31,32)28(2)3)14-23(17)27-24(30)16-29(15-18-10-11-19(25)13-22(18)26)36(33,34)20-7-5-4-6-8-20/h4-14H,15-16H2,1-3H3,(H,27,30). The summed E-state index contributed by atoms with van der Waals surface area (Å²) >= 11 is 12.2. The molecule has 36 heavy (non-hydrogen) atoms. The van der Waals surface area contributed by atoms with E-state index in [9.17, 15) is 21.6 Å². The van der Waals surface area contributed by atoms with Gasteiger partial charge in [-0.05, 0) is 54.4 Å². The third kappa shape index (κ3) is 6.44. The van der Waals surface area contributed by atoms with Gasteiger partial charge < -0.3 is 5.32 Å². The van der Waals surface area contributed by atoms with Crippen molar-refractivity contribution in [3.8, 4) is 0 Å². The number of aryl methyl sites for hydroxylation is 1. The summed E-state index contributed by atoms with van der Waals surface area (Å²) in [7, 11) is -5.01. The topological polar surface area (TPSA) is 104 Å². The Morgan fingerprint density at radius 1 is 0.861 bits per heavy atom. The molecular formula is C24H25Cl2N3O5S2. The fourth-order valence-electron chi connectivity index (χ4n) is 3.26. The predicted octanol–water partition coefficient (Wildman–Crippen LogP) is 4.38. The van der Waals surface area contributed by atoms with E-state index < -0.39 is 32.5 Å². The van der Waals surface area contributed by atoms with Crippen LogP contribution in [0.2, 0.25) is 10.0 Å². The van der Waals surface area contributed by atoms with Crippen LogP contribution in [0, 0.1) is 6.92 Å². The Balaban J connectivity index is 1.93. The first kappa shape index (κ1) is 28.1. The van der Waals surface area contributed by atoms with E-state index >= 15 is 0 Å². The second-order valence-electron chi connectivity index (χ2n) is 8.13. The van der Waals surface area contributed by atoms with Gasteiger partial charge in [0.1, 0.15) is 0 Å². The normalized spacial score (nSPS) is 12.2. The highest BCUT2D eigenvalue weighted by atomic mass is 35.5. The molecule has 3 aromatic carbocycles. The lowest BCUT2D eigenvalue weighted by Gasteiger charge is -2.23. The summed E-state index contributed by atoms with van der Waals surface area (Å²) in [4.78, 5) is 13.1. The molecule has 0 aliphatic rings. The van der Waals surface area contributed by atoms with Gasteiger partial charge in [0, 0.05) is 36.4 Å². The van der Waals surface area contributed by atoms with Crippen LogP contribution >= 0.6 is 23.2 Å². The molecule has 0 radical (unpaired) electrons. The molecule has 3 aromatic rings. The number of rotatable bonds is 9. The van der Waals surface area contributed by atoms with E-state index in [0.29, 0.717) is 16.1 Å². The summed E-state index contributed by atoms with van der Waals surface area (Å²) in [5, 5.41) is 3.29. The van der Waals surface area contributed by atoms with E-state index in [1.54, 1.807) is 43.3 Å². The highest BCUT2D eigenvalue weighted by molar-refractivity contribution is 7.89. The highest BCUT2D eigenvalue weighted by Crippen LogP contribution is 2.26. The molecule has 0 heterocycles. The Labute approximate surface area is 221 Å². The van der Waals surface area contributed by atoms with E-state index in [0.717, 1.165) is 8.61 Å². The highest BCUT2D eigenvalue weighted by Gasteiger charge is 2.28. The van der Waals surface area contributed by atoms with Crippen molar-refractivity contribution in [2.45, 2.75) is 23.3 Å². The second-order valence-corrected chi connectivity index (χ2v) is 13.1. The van der Waals surface area contributed by atoms with Crippen molar-refractivity contribution in [3.63, 3.8) is 0 Å². The molecule has 1 amide bonds. The summed E-state index contributed by atoms with van der Waals surface area (Å²) in [6.07, 6.45) is 0. The zero-order valence-corrected chi connectivity index (χ0v) is 22.9. The first-order valence-electron chi connectivity index (χ1n) is 10.6. The van der Waals surface area contributed by atoms with Crippen molar-refractivity contribution in [2.24, 2.45) is 0 Å². The average Bonchev–Trinajstić information content (AvgIpc) is 2.82. The van der Waals surface area contributed by atoms with Crippen LogP contribution < -0.4 is 5.32 Å². The smallest absolute Gasteiger partial charge is 0.243 e. The van der Waals surface area contributed by atoms with Gasteiger partial charge in [-0.3, -0.25) is 4.79 Å². The Hall–Kier alpha value is -2.47. The zero-order valence-electron chi connectivity index (χ0n) is 19.8. The third-order valence-electron chi connectivity index (χ3n) is 5.32. The first-order chi connectivity index (χ1) is 16.8. The molecular weight excluding hydrogens is 545 g/mol. The number of anilines is 1. The fourth-order valence-corrected chi connectivity index (χ4v) is 6.06. The number of amides is 1. The van der Waals surface area contributed by atoms with E-state index in [4.69, 9.17) is 23.2 Å². The van der Waals surface area contributed by atoms with Crippen LogP contribution in [-0.2, 0) is 31.4 Å².